The van der Waals surface area contributed by atoms with Gasteiger partial charge in [-0.1, -0.05) is 13.3 Å². The van der Waals surface area contributed by atoms with Crippen LogP contribution < -0.4 is 34.7 Å². The fourth-order valence-electron chi connectivity index (χ4n) is 1.42. The van der Waals surface area contributed by atoms with Gasteiger partial charge in [0.2, 0.25) is 5.91 Å². The Morgan fingerprint density at radius 3 is 2.35 bits per heavy atom. The number of carboxylic acids is 1. The van der Waals surface area contributed by atoms with Crippen LogP contribution in [0.2, 0.25) is 0 Å². The second-order valence-corrected chi connectivity index (χ2v) is 3.69. The number of nitrogens with zero attached hydrogens (tertiary/aromatic N) is 1. The van der Waals surface area contributed by atoms with E-state index in [0.29, 0.717) is 32.2 Å². The van der Waals surface area contributed by atoms with E-state index in [2.05, 4.69) is 0 Å². The number of unbranched alkanes of at least 4 members (excludes halogenated alkanes) is 2. The van der Waals surface area contributed by atoms with Crippen molar-refractivity contribution >= 4 is 11.9 Å². The summed E-state index contributed by atoms with van der Waals surface area (Å²) in [5.41, 5.74) is 0. The van der Waals surface area contributed by atoms with E-state index >= 15 is 0 Å². The molecular weight excluding hydrogens is 236 g/mol. The number of hydrogen-bond acceptors (Lipinski definition) is 3. The molecule has 0 atom stereocenters. The molecule has 0 saturated heterocycles. The molecule has 0 aromatic carbocycles. The minimum absolute atomic E-state index is 0. The SMILES string of the molecule is CCCN(CC(=O)[O-])C(=O)CCCCCF.[Na+]. The van der Waals surface area contributed by atoms with Crippen molar-refractivity contribution in [2.24, 2.45) is 0 Å². The second kappa shape index (κ2) is 12.3. The van der Waals surface area contributed by atoms with Crippen molar-refractivity contribution < 1.29 is 48.6 Å². The van der Waals surface area contributed by atoms with E-state index in [4.69, 9.17) is 0 Å². The second-order valence-electron chi connectivity index (χ2n) is 3.69. The molecule has 0 bridgehead atoms. The van der Waals surface area contributed by atoms with Crippen LogP contribution in [0.5, 0.6) is 0 Å². The smallest absolute Gasteiger partial charge is 0.548 e. The van der Waals surface area contributed by atoms with Crippen molar-refractivity contribution in [1.29, 1.82) is 0 Å². The van der Waals surface area contributed by atoms with E-state index in [-0.39, 0.29) is 55.1 Å². The van der Waals surface area contributed by atoms with Crippen LogP contribution in [0.15, 0.2) is 0 Å². The summed E-state index contributed by atoms with van der Waals surface area (Å²) in [6.07, 6.45) is 2.72. The van der Waals surface area contributed by atoms with Crippen LogP contribution >= 0.6 is 0 Å². The topological polar surface area (TPSA) is 60.4 Å². The normalized spacial score (nSPS) is 9.53. The van der Waals surface area contributed by atoms with E-state index in [0.717, 1.165) is 0 Å². The predicted octanol–water partition coefficient (Wildman–Crippen LogP) is -2.49. The van der Waals surface area contributed by atoms with Crippen LogP contribution in [0.25, 0.3) is 0 Å². The molecule has 0 saturated carbocycles. The Kier molecular flexibility index (Phi) is 13.9. The van der Waals surface area contributed by atoms with Gasteiger partial charge in [0.1, 0.15) is 0 Å². The molecule has 0 N–H and O–H groups in total. The van der Waals surface area contributed by atoms with Gasteiger partial charge in [-0.25, -0.2) is 0 Å². The van der Waals surface area contributed by atoms with Crippen molar-refractivity contribution in [2.75, 3.05) is 19.8 Å². The quantitative estimate of drug-likeness (QED) is 0.338. The van der Waals surface area contributed by atoms with Gasteiger partial charge in [-0.15, -0.1) is 0 Å². The van der Waals surface area contributed by atoms with E-state index in [1.165, 1.54) is 4.90 Å². The van der Waals surface area contributed by atoms with Gasteiger partial charge in [0.15, 0.2) is 0 Å². The van der Waals surface area contributed by atoms with Crippen molar-refractivity contribution in [3.05, 3.63) is 0 Å². The summed E-state index contributed by atoms with van der Waals surface area (Å²) in [6.45, 7) is 1.58. The molecule has 17 heavy (non-hydrogen) atoms. The van der Waals surface area contributed by atoms with Crippen molar-refractivity contribution in [1.82, 2.24) is 4.90 Å². The fourth-order valence-corrected chi connectivity index (χ4v) is 1.42. The molecule has 0 spiro atoms. The van der Waals surface area contributed by atoms with Gasteiger partial charge in [-0.2, -0.15) is 0 Å². The zero-order valence-corrected chi connectivity index (χ0v) is 12.7. The van der Waals surface area contributed by atoms with Gasteiger partial charge in [0, 0.05) is 13.0 Å². The number of carbonyl (C=O) groups excluding carboxylic acids is 2. The molecule has 4 nitrogen and oxygen atoms in total. The summed E-state index contributed by atoms with van der Waals surface area (Å²) >= 11 is 0. The van der Waals surface area contributed by atoms with Gasteiger partial charge in [-0.3, -0.25) is 9.18 Å². The summed E-state index contributed by atoms with van der Waals surface area (Å²) in [5, 5.41) is 10.4. The predicted molar refractivity (Wildman–Crippen MR) is 56.3 cm³/mol. The number of hydrogen-bond donors (Lipinski definition) is 0. The fraction of sp³-hybridized carbons (Fsp3) is 0.818. The molecule has 0 aliphatic heterocycles. The number of carbonyl (C=O) groups is 2. The molecule has 0 heterocycles. The summed E-state index contributed by atoms with van der Waals surface area (Å²) in [6, 6.07) is 0. The van der Waals surface area contributed by atoms with Gasteiger partial charge in [0.05, 0.1) is 19.2 Å². The van der Waals surface area contributed by atoms with E-state index < -0.39 is 5.97 Å². The van der Waals surface area contributed by atoms with Crippen molar-refractivity contribution in [2.45, 2.75) is 39.0 Å². The minimum Gasteiger partial charge on any atom is -0.548 e. The Morgan fingerprint density at radius 1 is 1.24 bits per heavy atom. The van der Waals surface area contributed by atoms with Gasteiger partial charge in [0.25, 0.3) is 0 Å². The maximum atomic E-state index is 11.8. The monoisotopic (exact) mass is 255 g/mol. The zero-order valence-electron chi connectivity index (χ0n) is 10.7. The Balaban J connectivity index is 0. The first-order valence-electron chi connectivity index (χ1n) is 5.65. The molecule has 0 aromatic heterocycles. The molecular formula is C11H19FNNaO3. The van der Waals surface area contributed by atoms with E-state index in [9.17, 15) is 19.1 Å². The zero-order chi connectivity index (χ0) is 12.4. The Hall–Kier alpha value is -0.130. The number of amides is 1. The van der Waals surface area contributed by atoms with Crippen molar-refractivity contribution in [3.63, 3.8) is 0 Å². The van der Waals surface area contributed by atoms with Gasteiger partial charge in [-0.05, 0) is 19.3 Å². The molecule has 0 aliphatic carbocycles. The summed E-state index contributed by atoms with van der Waals surface area (Å²) < 4.78 is 11.8. The summed E-state index contributed by atoms with van der Waals surface area (Å²) in [4.78, 5) is 23.3. The average Bonchev–Trinajstić information content (AvgIpc) is 2.23. The molecule has 0 fully saturated rings. The van der Waals surface area contributed by atoms with Crippen LogP contribution in [0.4, 0.5) is 4.39 Å². The standard InChI is InChI=1S/C11H20FNO3.Na/c1-2-8-13(9-11(15)16)10(14)6-4-3-5-7-12;/h2-9H2,1H3,(H,15,16);/q;+1/p-1. The van der Waals surface area contributed by atoms with Gasteiger partial charge >= 0.3 is 29.6 Å². The van der Waals surface area contributed by atoms with Crippen LogP contribution in [0.3, 0.4) is 0 Å². The molecule has 0 radical (unpaired) electrons. The molecule has 1 amide bonds. The van der Waals surface area contributed by atoms with Crippen LogP contribution in [0, 0.1) is 0 Å². The van der Waals surface area contributed by atoms with Crippen LogP contribution in [-0.4, -0.2) is 36.5 Å². The molecule has 0 aromatic rings. The first kappa shape index (κ1) is 19.2. The Morgan fingerprint density at radius 2 is 1.88 bits per heavy atom. The number of halogens is 1. The van der Waals surface area contributed by atoms with Crippen LogP contribution in [0.1, 0.15) is 39.0 Å². The molecule has 0 aliphatic rings. The number of rotatable bonds is 9. The largest absolute Gasteiger partial charge is 1.00 e. The maximum Gasteiger partial charge on any atom is 1.00 e. The first-order chi connectivity index (χ1) is 7.61. The minimum atomic E-state index is -1.24. The average molecular weight is 255 g/mol. The molecule has 0 rings (SSSR count). The Labute approximate surface area is 124 Å². The number of carboxylic acid groups (broad SMARTS) is 1. The molecule has 94 valence electrons. The third kappa shape index (κ3) is 10.7. The van der Waals surface area contributed by atoms with Gasteiger partial charge < -0.3 is 14.8 Å². The Bertz CT molecular complexity index is 227. The molecule has 6 heteroatoms. The van der Waals surface area contributed by atoms with Crippen LogP contribution in [-0.2, 0) is 9.59 Å². The summed E-state index contributed by atoms with van der Waals surface area (Å²) in [7, 11) is 0. The number of alkyl halides is 1. The molecule has 0 unspecified atom stereocenters. The van der Waals surface area contributed by atoms with Crippen molar-refractivity contribution in [3.8, 4) is 0 Å². The first-order valence-corrected chi connectivity index (χ1v) is 5.65. The third-order valence-electron chi connectivity index (χ3n) is 2.19. The summed E-state index contributed by atoms with van der Waals surface area (Å²) in [5.74, 6) is -1.43. The van der Waals surface area contributed by atoms with E-state index in [1.54, 1.807) is 0 Å². The number of aliphatic carboxylic acids is 1. The third-order valence-corrected chi connectivity index (χ3v) is 2.19. The maximum absolute atomic E-state index is 11.8. The van der Waals surface area contributed by atoms with E-state index in [1.807, 2.05) is 6.92 Å².